The predicted molar refractivity (Wildman–Crippen MR) is 66.1 cm³/mol. The summed E-state index contributed by atoms with van der Waals surface area (Å²) in [6.07, 6.45) is 3.52. The quantitative estimate of drug-likeness (QED) is 0.865. The van der Waals surface area contributed by atoms with Gasteiger partial charge in [0.05, 0.1) is 0 Å². The van der Waals surface area contributed by atoms with Crippen LogP contribution in [0.4, 0.5) is 0 Å². The normalized spacial score (nSPS) is 11.9. The van der Waals surface area contributed by atoms with Gasteiger partial charge in [-0.3, -0.25) is 4.79 Å². The van der Waals surface area contributed by atoms with Gasteiger partial charge in [-0.05, 0) is 23.1 Å². The highest BCUT2D eigenvalue weighted by molar-refractivity contribution is 5.82. The largest absolute Gasteiger partial charge is 0.480 e. The van der Waals surface area contributed by atoms with E-state index in [0.29, 0.717) is 0 Å². The standard InChI is InChI=1S/C13H16N2O2/c1-13(2,3)10-4-6-14-12-9(10)5-7-15(12)8-11(16)17/h4-7H,8H2,1-3H3,(H,16,17). The number of fused-ring (bicyclic) bond motifs is 1. The van der Waals surface area contributed by atoms with Crippen molar-refractivity contribution >= 4 is 17.0 Å². The Hall–Kier alpha value is -1.84. The van der Waals surface area contributed by atoms with Crippen LogP contribution in [-0.4, -0.2) is 20.6 Å². The molecule has 0 aliphatic heterocycles. The molecule has 0 atom stereocenters. The van der Waals surface area contributed by atoms with Gasteiger partial charge in [0, 0.05) is 17.8 Å². The van der Waals surface area contributed by atoms with Crippen molar-refractivity contribution < 1.29 is 9.90 Å². The topological polar surface area (TPSA) is 55.1 Å². The Morgan fingerprint density at radius 2 is 2.12 bits per heavy atom. The summed E-state index contributed by atoms with van der Waals surface area (Å²) in [7, 11) is 0. The molecule has 4 nitrogen and oxygen atoms in total. The van der Waals surface area contributed by atoms with E-state index in [-0.39, 0.29) is 12.0 Å². The van der Waals surface area contributed by atoms with E-state index >= 15 is 0 Å². The molecule has 2 aromatic rings. The maximum absolute atomic E-state index is 10.7. The first-order valence-corrected chi connectivity index (χ1v) is 5.56. The van der Waals surface area contributed by atoms with Crippen molar-refractivity contribution in [1.82, 2.24) is 9.55 Å². The Labute approximate surface area is 99.9 Å². The van der Waals surface area contributed by atoms with Gasteiger partial charge >= 0.3 is 5.97 Å². The van der Waals surface area contributed by atoms with Crippen molar-refractivity contribution in [2.24, 2.45) is 0 Å². The fourth-order valence-electron chi connectivity index (χ4n) is 2.02. The molecular formula is C13H16N2O2. The molecule has 0 aromatic carbocycles. The Bertz CT molecular complexity index is 564. The highest BCUT2D eigenvalue weighted by Gasteiger charge is 2.18. The smallest absolute Gasteiger partial charge is 0.323 e. The molecule has 2 rings (SSSR count). The van der Waals surface area contributed by atoms with E-state index in [0.717, 1.165) is 11.0 Å². The number of hydrogen-bond donors (Lipinski definition) is 1. The number of carbonyl (C=O) groups is 1. The molecule has 0 fully saturated rings. The summed E-state index contributed by atoms with van der Waals surface area (Å²) in [4.78, 5) is 15.0. The average Bonchev–Trinajstić information content (AvgIpc) is 2.59. The first kappa shape index (κ1) is 11.6. The van der Waals surface area contributed by atoms with Crippen LogP contribution in [0.25, 0.3) is 11.0 Å². The molecule has 1 N–H and O–H groups in total. The fourth-order valence-corrected chi connectivity index (χ4v) is 2.02. The minimum atomic E-state index is -0.856. The van der Waals surface area contributed by atoms with Crippen molar-refractivity contribution in [3.05, 3.63) is 30.1 Å². The monoisotopic (exact) mass is 232 g/mol. The maximum atomic E-state index is 10.7. The summed E-state index contributed by atoms with van der Waals surface area (Å²) in [6, 6.07) is 3.93. The van der Waals surface area contributed by atoms with E-state index < -0.39 is 5.97 Å². The van der Waals surface area contributed by atoms with Crippen LogP contribution in [0.2, 0.25) is 0 Å². The van der Waals surface area contributed by atoms with Crippen molar-refractivity contribution in [1.29, 1.82) is 0 Å². The third kappa shape index (κ3) is 2.16. The first-order chi connectivity index (χ1) is 7.89. The zero-order chi connectivity index (χ0) is 12.6. The van der Waals surface area contributed by atoms with Crippen molar-refractivity contribution in [2.45, 2.75) is 32.7 Å². The summed E-state index contributed by atoms with van der Waals surface area (Å²) >= 11 is 0. The van der Waals surface area contributed by atoms with Crippen LogP contribution in [0.15, 0.2) is 24.5 Å². The number of carboxylic acid groups (broad SMARTS) is 1. The first-order valence-electron chi connectivity index (χ1n) is 5.56. The van der Waals surface area contributed by atoms with Gasteiger partial charge in [0.1, 0.15) is 12.2 Å². The lowest BCUT2D eigenvalue weighted by molar-refractivity contribution is -0.137. The van der Waals surface area contributed by atoms with E-state index in [1.165, 1.54) is 5.56 Å². The lowest BCUT2D eigenvalue weighted by Crippen LogP contribution is -2.12. The SMILES string of the molecule is CC(C)(C)c1ccnc2c1ccn2CC(=O)O. The molecule has 0 radical (unpaired) electrons. The molecule has 0 unspecified atom stereocenters. The van der Waals surface area contributed by atoms with Crippen LogP contribution in [0.3, 0.4) is 0 Å². The molecular weight excluding hydrogens is 216 g/mol. The molecule has 0 spiro atoms. The molecule has 2 heterocycles. The maximum Gasteiger partial charge on any atom is 0.323 e. The van der Waals surface area contributed by atoms with Gasteiger partial charge in [0.2, 0.25) is 0 Å². The number of hydrogen-bond acceptors (Lipinski definition) is 2. The molecule has 0 saturated heterocycles. The molecule has 0 saturated carbocycles. The second-order valence-corrected chi connectivity index (χ2v) is 5.18. The van der Waals surface area contributed by atoms with Gasteiger partial charge in [-0.15, -0.1) is 0 Å². The summed E-state index contributed by atoms with van der Waals surface area (Å²) in [5.74, 6) is -0.856. The Morgan fingerprint density at radius 1 is 1.41 bits per heavy atom. The highest BCUT2D eigenvalue weighted by atomic mass is 16.4. The average molecular weight is 232 g/mol. The molecule has 0 bridgehead atoms. The van der Waals surface area contributed by atoms with Crippen molar-refractivity contribution in [3.8, 4) is 0 Å². The van der Waals surface area contributed by atoms with E-state index in [2.05, 4.69) is 25.8 Å². The van der Waals surface area contributed by atoms with E-state index in [9.17, 15) is 4.79 Å². The number of aliphatic carboxylic acids is 1. The van der Waals surface area contributed by atoms with E-state index in [1.807, 2.05) is 12.1 Å². The minimum absolute atomic E-state index is 0.0244. The third-order valence-corrected chi connectivity index (χ3v) is 2.78. The fraction of sp³-hybridized carbons (Fsp3) is 0.385. The predicted octanol–water partition coefficient (Wildman–Crippen LogP) is 2.42. The van der Waals surface area contributed by atoms with Gasteiger partial charge in [-0.2, -0.15) is 0 Å². The van der Waals surface area contributed by atoms with Crippen LogP contribution in [0.5, 0.6) is 0 Å². The number of pyridine rings is 1. The Morgan fingerprint density at radius 3 is 2.71 bits per heavy atom. The van der Waals surface area contributed by atoms with Crippen molar-refractivity contribution in [2.75, 3.05) is 0 Å². The van der Waals surface area contributed by atoms with Gasteiger partial charge < -0.3 is 9.67 Å². The van der Waals surface area contributed by atoms with Crippen LogP contribution in [0, 0.1) is 0 Å². The highest BCUT2D eigenvalue weighted by Crippen LogP contribution is 2.29. The van der Waals surface area contributed by atoms with Gasteiger partial charge in [-0.25, -0.2) is 4.98 Å². The summed E-state index contributed by atoms with van der Waals surface area (Å²) < 4.78 is 1.66. The van der Waals surface area contributed by atoms with Crippen molar-refractivity contribution in [3.63, 3.8) is 0 Å². The van der Waals surface area contributed by atoms with Gasteiger partial charge in [-0.1, -0.05) is 20.8 Å². The third-order valence-electron chi connectivity index (χ3n) is 2.78. The lowest BCUT2D eigenvalue weighted by Gasteiger charge is -2.19. The number of carboxylic acids is 1. The second kappa shape index (κ2) is 3.87. The molecule has 17 heavy (non-hydrogen) atoms. The van der Waals surface area contributed by atoms with Crippen LogP contribution >= 0.6 is 0 Å². The zero-order valence-electron chi connectivity index (χ0n) is 10.3. The number of rotatable bonds is 2. The number of aromatic nitrogens is 2. The Balaban J connectivity index is 2.61. The molecule has 0 aliphatic rings. The Kier molecular flexibility index (Phi) is 2.65. The number of nitrogens with zero attached hydrogens (tertiary/aromatic N) is 2. The van der Waals surface area contributed by atoms with Gasteiger partial charge in [0.15, 0.2) is 0 Å². The van der Waals surface area contributed by atoms with E-state index in [4.69, 9.17) is 5.11 Å². The molecule has 4 heteroatoms. The van der Waals surface area contributed by atoms with Gasteiger partial charge in [0.25, 0.3) is 0 Å². The van der Waals surface area contributed by atoms with Crippen LogP contribution in [0.1, 0.15) is 26.3 Å². The molecule has 2 aromatic heterocycles. The molecule has 90 valence electrons. The molecule has 0 aliphatic carbocycles. The van der Waals surface area contributed by atoms with E-state index in [1.54, 1.807) is 17.0 Å². The molecule has 0 amide bonds. The summed E-state index contributed by atoms with van der Waals surface area (Å²) in [5.41, 5.74) is 1.95. The lowest BCUT2D eigenvalue weighted by atomic mass is 9.86. The van der Waals surface area contributed by atoms with Crippen LogP contribution < -0.4 is 0 Å². The second-order valence-electron chi connectivity index (χ2n) is 5.18. The minimum Gasteiger partial charge on any atom is -0.480 e. The summed E-state index contributed by atoms with van der Waals surface area (Å²) in [5, 5.41) is 9.85. The zero-order valence-corrected chi connectivity index (χ0v) is 10.3. The van der Waals surface area contributed by atoms with Crippen LogP contribution in [-0.2, 0) is 16.8 Å². The summed E-state index contributed by atoms with van der Waals surface area (Å²) in [6.45, 7) is 6.35.